The molecule has 0 aromatic carbocycles. The van der Waals surface area contributed by atoms with Crippen molar-refractivity contribution in [1.29, 1.82) is 0 Å². The zero-order valence-electron chi connectivity index (χ0n) is 11.9. The predicted octanol–water partition coefficient (Wildman–Crippen LogP) is 2.70. The van der Waals surface area contributed by atoms with Crippen molar-refractivity contribution in [2.24, 2.45) is 0 Å². The number of aromatic nitrogens is 3. The van der Waals surface area contributed by atoms with E-state index in [1.807, 2.05) is 23.3 Å². The molecule has 2 aromatic rings. The Morgan fingerprint density at radius 2 is 2.05 bits per heavy atom. The molecule has 2 aromatic heterocycles. The maximum atomic E-state index is 4.37. The Labute approximate surface area is 114 Å². The summed E-state index contributed by atoms with van der Waals surface area (Å²) < 4.78 is 1.96. The Hall–Kier alpha value is -1.68. The van der Waals surface area contributed by atoms with Crippen LogP contribution in [0.25, 0.3) is 0 Å². The molecule has 1 atom stereocenters. The Morgan fingerprint density at radius 1 is 1.21 bits per heavy atom. The van der Waals surface area contributed by atoms with Crippen molar-refractivity contribution in [3.8, 4) is 0 Å². The lowest BCUT2D eigenvalue weighted by Crippen LogP contribution is -2.23. The summed E-state index contributed by atoms with van der Waals surface area (Å²) in [6.45, 7) is 8.22. The predicted molar refractivity (Wildman–Crippen MR) is 77.0 cm³/mol. The third-order valence-corrected chi connectivity index (χ3v) is 3.14. The van der Waals surface area contributed by atoms with E-state index < -0.39 is 0 Å². The standard InChI is InChI=1S/C15H22N4/c1-4-6-17-15(13-7-12(3)8-16-9-13)14-10-18-19(5-2)11-14/h7-11,15,17H,4-6H2,1-3H3. The normalized spacial score (nSPS) is 12.6. The minimum Gasteiger partial charge on any atom is -0.306 e. The molecule has 0 bridgehead atoms. The fourth-order valence-electron chi connectivity index (χ4n) is 2.15. The second-order valence-electron chi connectivity index (χ2n) is 4.81. The van der Waals surface area contributed by atoms with Gasteiger partial charge in [-0.1, -0.05) is 13.0 Å². The lowest BCUT2D eigenvalue weighted by Gasteiger charge is -2.17. The van der Waals surface area contributed by atoms with Crippen LogP contribution in [0.15, 0.2) is 30.9 Å². The maximum absolute atomic E-state index is 4.37. The van der Waals surface area contributed by atoms with Crippen LogP contribution < -0.4 is 5.32 Å². The van der Waals surface area contributed by atoms with Gasteiger partial charge in [0.1, 0.15) is 0 Å². The number of nitrogens with one attached hydrogen (secondary N) is 1. The zero-order valence-corrected chi connectivity index (χ0v) is 11.9. The number of nitrogens with zero attached hydrogens (tertiary/aromatic N) is 3. The summed E-state index contributed by atoms with van der Waals surface area (Å²) in [6, 6.07) is 2.36. The van der Waals surface area contributed by atoms with Crippen LogP contribution in [0.4, 0.5) is 0 Å². The quantitative estimate of drug-likeness (QED) is 0.866. The fourth-order valence-corrected chi connectivity index (χ4v) is 2.15. The molecule has 1 N–H and O–H groups in total. The van der Waals surface area contributed by atoms with Gasteiger partial charge in [-0.15, -0.1) is 0 Å². The van der Waals surface area contributed by atoms with Crippen LogP contribution in [0, 0.1) is 6.92 Å². The van der Waals surface area contributed by atoms with Crippen molar-refractivity contribution in [2.45, 2.75) is 39.8 Å². The summed E-state index contributed by atoms with van der Waals surface area (Å²) in [5.41, 5.74) is 3.58. The summed E-state index contributed by atoms with van der Waals surface area (Å²) in [5.74, 6) is 0. The molecule has 0 aliphatic heterocycles. The van der Waals surface area contributed by atoms with Gasteiger partial charge in [-0.25, -0.2) is 0 Å². The highest BCUT2D eigenvalue weighted by Crippen LogP contribution is 2.21. The van der Waals surface area contributed by atoms with E-state index in [9.17, 15) is 0 Å². The molecular formula is C15H22N4. The van der Waals surface area contributed by atoms with E-state index in [0.717, 1.165) is 19.5 Å². The Morgan fingerprint density at radius 3 is 2.68 bits per heavy atom. The molecule has 0 aliphatic carbocycles. The molecule has 0 amide bonds. The Kier molecular flexibility index (Phi) is 4.68. The highest BCUT2D eigenvalue weighted by Gasteiger charge is 2.15. The van der Waals surface area contributed by atoms with Crippen LogP contribution in [-0.2, 0) is 6.54 Å². The second kappa shape index (κ2) is 6.48. The van der Waals surface area contributed by atoms with E-state index in [1.54, 1.807) is 0 Å². The van der Waals surface area contributed by atoms with E-state index in [-0.39, 0.29) is 6.04 Å². The summed E-state index contributed by atoms with van der Waals surface area (Å²) in [5, 5.41) is 7.94. The number of hydrogen-bond donors (Lipinski definition) is 1. The summed E-state index contributed by atoms with van der Waals surface area (Å²) >= 11 is 0. The summed E-state index contributed by atoms with van der Waals surface area (Å²) in [7, 11) is 0. The van der Waals surface area contributed by atoms with Gasteiger partial charge in [0.2, 0.25) is 0 Å². The van der Waals surface area contributed by atoms with Crippen molar-refractivity contribution in [3.63, 3.8) is 0 Å². The van der Waals surface area contributed by atoms with Crippen LogP contribution >= 0.6 is 0 Å². The lowest BCUT2D eigenvalue weighted by atomic mass is 10.0. The zero-order chi connectivity index (χ0) is 13.7. The molecule has 4 heteroatoms. The van der Waals surface area contributed by atoms with Gasteiger partial charge in [0.25, 0.3) is 0 Å². The molecule has 0 aliphatic rings. The third-order valence-electron chi connectivity index (χ3n) is 3.14. The summed E-state index contributed by atoms with van der Waals surface area (Å²) in [4.78, 5) is 4.30. The van der Waals surface area contributed by atoms with Gasteiger partial charge >= 0.3 is 0 Å². The molecule has 0 spiro atoms. The van der Waals surface area contributed by atoms with Crippen LogP contribution in [0.1, 0.15) is 43.0 Å². The van der Waals surface area contributed by atoms with Crippen LogP contribution in [0.5, 0.6) is 0 Å². The molecule has 0 radical (unpaired) electrons. The van der Waals surface area contributed by atoms with Crippen molar-refractivity contribution in [2.75, 3.05) is 6.54 Å². The first-order valence-corrected chi connectivity index (χ1v) is 6.91. The molecule has 19 heavy (non-hydrogen) atoms. The smallest absolute Gasteiger partial charge is 0.0623 e. The topological polar surface area (TPSA) is 42.7 Å². The molecule has 102 valence electrons. The maximum Gasteiger partial charge on any atom is 0.0623 e. The highest BCUT2D eigenvalue weighted by atomic mass is 15.3. The van der Waals surface area contributed by atoms with E-state index in [1.165, 1.54) is 16.7 Å². The highest BCUT2D eigenvalue weighted by molar-refractivity contribution is 5.29. The van der Waals surface area contributed by atoms with E-state index in [0.29, 0.717) is 0 Å². The minimum absolute atomic E-state index is 0.174. The average molecular weight is 258 g/mol. The van der Waals surface area contributed by atoms with Crippen molar-refractivity contribution in [1.82, 2.24) is 20.1 Å². The summed E-state index contributed by atoms with van der Waals surface area (Å²) in [6.07, 6.45) is 8.98. The number of aryl methyl sites for hydroxylation is 2. The van der Waals surface area contributed by atoms with Crippen molar-refractivity contribution < 1.29 is 0 Å². The molecule has 0 saturated carbocycles. The lowest BCUT2D eigenvalue weighted by molar-refractivity contribution is 0.594. The first-order valence-electron chi connectivity index (χ1n) is 6.91. The van der Waals surface area contributed by atoms with Gasteiger partial charge in [0, 0.05) is 30.7 Å². The largest absolute Gasteiger partial charge is 0.306 e. The van der Waals surface area contributed by atoms with Gasteiger partial charge in [-0.3, -0.25) is 9.67 Å². The van der Waals surface area contributed by atoms with Gasteiger partial charge in [0.05, 0.1) is 12.2 Å². The Bertz CT molecular complexity index is 518. The first-order chi connectivity index (χ1) is 9.24. The van der Waals surface area contributed by atoms with Gasteiger partial charge in [-0.05, 0) is 37.9 Å². The number of rotatable bonds is 6. The molecule has 0 fully saturated rings. The van der Waals surface area contributed by atoms with Crippen molar-refractivity contribution >= 4 is 0 Å². The van der Waals surface area contributed by atoms with Gasteiger partial charge in [-0.2, -0.15) is 5.10 Å². The Balaban J connectivity index is 2.29. The molecule has 0 saturated heterocycles. The van der Waals surface area contributed by atoms with Crippen LogP contribution in [0.2, 0.25) is 0 Å². The molecular weight excluding hydrogens is 236 g/mol. The molecule has 1 unspecified atom stereocenters. The van der Waals surface area contributed by atoms with Crippen LogP contribution in [0.3, 0.4) is 0 Å². The molecule has 4 nitrogen and oxygen atoms in total. The minimum atomic E-state index is 0.174. The second-order valence-corrected chi connectivity index (χ2v) is 4.81. The van der Waals surface area contributed by atoms with Gasteiger partial charge in [0.15, 0.2) is 0 Å². The first kappa shape index (κ1) is 13.7. The van der Waals surface area contributed by atoms with E-state index in [4.69, 9.17) is 0 Å². The van der Waals surface area contributed by atoms with Crippen LogP contribution in [-0.4, -0.2) is 21.3 Å². The fraction of sp³-hybridized carbons (Fsp3) is 0.467. The van der Waals surface area contributed by atoms with Gasteiger partial charge < -0.3 is 5.32 Å². The van der Waals surface area contributed by atoms with Crippen molar-refractivity contribution in [3.05, 3.63) is 47.5 Å². The van der Waals surface area contributed by atoms with E-state index >= 15 is 0 Å². The van der Waals surface area contributed by atoms with E-state index in [2.05, 4.69) is 48.4 Å². The average Bonchev–Trinajstić information content (AvgIpc) is 2.88. The number of pyridine rings is 1. The molecule has 2 heterocycles. The monoisotopic (exact) mass is 258 g/mol. The molecule has 2 rings (SSSR count). The number of hydrogen-bond acceptors (Lipinski definition) is 3. The third kappa shape index (κ3) is 3.41. The SMILES string of the molecule is CCCNC(c1cncc(C)c1)c1cnn(CC)c1.